The van der Waals surface area contributed by atoms with Gasteiger partial charge in [-0.05, 0) is 37.9 Å². The Morgan fingerprint density at radius 2 is 1.94 bits per heavy atom. The van der Waals surface area contributed by atoms with Gasteiger partial charge in [0, 0.05) is 0 Å². The molecule has 1 unspecified atom stereocenters. The van der Waals surface area contributed by atoms with E-state index in [0.29, 0.717) is 12.1 Å². The van der Waals surface area contributed by atoms with Crippen molar-refractivity contribution in [3.63, 3.8) is 0 Å². The molecule has 16 heavy (non-hydrogen) atoms. The van der Waals surface area contributed by atoms with Crippen LogP contribution in [0, 0.1) is 6.92 Å². The molecule has 1 N–H and O–H groups in total. The molecule has 0 spiro atoms. The summed E-state index contributed by atoms with van der Waals surface area (Å²) in [4.78, 5) is 0. The maximum atomic E-state index is 13.2. The van der Waals surface area contributed by atoms with Gasteiger partial charge in [-0.3, -0.25) is 0 Å². The lowest BCUT2D eigenvalue weighted by Gasteiger charge is -2.32. The molecule has 0 fully saturated rings. The van der Waals surface area contributed by atoms with Crippen molar-refractivity contribution in [1.29, 1.82) is 0 Å². The highest BCUT2D eigenvalue weighted by molar-refractivity contribution is 5.32. The molecule has 1 rings (SSSR count). The van der Waals surface area contributed by atoms with Crippen molar-refractivity contribution >= 4 is 0 Å². The minimum atomic E-state index is -2.42. The molecule has 1 nitrogen and oxygen atoms in total. The molecule has 0 radical (unpaired) electrons. The third kappa shape index (κ3) is 2.59. The van der Waals surface area contributed by atoms with Crippen molar-refractivity contribution in [2.45, 2.75) is 39.2 Å². The molecule has 1 atom stereocenters. The van der Waals surface area contributed by atoms with Crippen LogP contribution in [-0.4, -0.2) is 13.0 Å². The van der Waals surface area contributed by atoms with Crippen LogP contribution < -0.4 is 5.32 Å². The Morgan fingerprint density at radius 3 is 2.44 bits per heavy atom. The summed E-state index contributed by atoms with van der Waals surface area (Å²) in [5.41, 5.74) is 0.328. The molecule has 1 aromatic carbocycles. The van der Waals surface area contributed by atoms with Crippen LogP contribution in [0.2, 0.25) is 0 Å². The SMILES string of the molecule is CCCNC(C)(c1ccccc1C)C(F)F. The van der Waals surface area contributed by atoms with Gasteiger partial charge < -0.3 is 5.32 Å². The lowest BCUT2D eigenvalue weighted by molar-refractivity contribution is 0.0381. The number of benzene rings is 1. The minimum Gasteiger partial charge on any atom is -0.303 e. The third-order valence-corrected chi connectivity index (χ3v) is 2.88. The lowest BCUT2D eigenvalue weighted by Crippen LogP contribution is -2.46. The van der Waals surface area contributed by atoms with E-state index in [1.54, 1.807) is 19.1 Å². The summed E-state index contributed by atoms with van der Waals surface area (Å²) in [6.45, 7) is 5.99. The fourth-order valence-electron chi connectivity index (χ4n) is 1.83. The second-order valence-electron chi connectivity index (χ2n) is 4.24. The molecule has 90 valence electrons. The largest absolute Gasteiger partial charge is 0.303 e. The highest BCUT2D eigenvalue weighted by Gasteiger charge is 2.36. The van der Waals surface area contributed by atoms with Gasteiger partial charge in [0.05, 0.1) is 0 Å². The van der Waals surface area contributed by atoms with E-state index in [-0.39, 0.29) is 0 Å². The zero-order chi connectivity index (χ0) is 12.2. The summed E-state index contributed by atoms with van der Waals surface area (Å²) in [6.07, 6.45) is -1.58. The van der Waals surface area contributed by atoms with E-state index in [9.17, 15) is 8.78 Å². The fraction of sp³-hybridized carbons (Fsp3) is 0.538. The van der Waals surface area contributed by atoms with Crippen molar-refractivity contribution in [1.82, 2.24) is 5.32 Å². The first kappa shape index (κ1) is 13.1. The summed E-state index contributed by atoms with van der Waals surface area (Å²) in [6, 6.07) is 7.30. The predicted octanol–water partition coefficient (Wildman–Crippen LogP) is 3.47. The molecule has 0 aromatic heterocycles. The Kier molecular flexibility index (Phi) is 4.42. The van der Waals surface area contributed by atoms with Crippen LogP contribution in [0.5, 0.6) is 0 Å². The Balaban J connectivity index is 3.06. The monoisotopic (exact) mass is 227 g/mol. The van der Waals surface area contributed by atoms with Crippen LogP contribution in [0.3, 0.4) is 0 Å². The highest BCUT2D eigenvalue weighted by Crippen LogP contribution is 2.30. The second-order valence-corrected chi connectivity index (χ2v) is 4.24. The quantitative estimate of drug-likeness (QED) is 0.812. The number of alkyl halides is 2. The number of nitrogens with one attached hydrogen (secondary N) is 1. The Morgan fingerprint density at radius 1 is 1.31 bits per heavy atom. The third-order valence-electron chi connectivity index (χ3n) is 2.88. The standard InChI is InChI=1S/C13H19F2N/c1-4-9-16-13(3,12(14)15)11-8-6-5-7-10(11)2/h5-8,12,16H,4,9H2,1-3H3. The highest BCUT2D eigenvalue weighted by atomic mass is 19.3. The smallest absolute Gasteiger partial charge is 0.260 e. The summed E-state index contributed by atoms with van der Waals surface area (Å²) in [7, 11) is 0. The molecule has 0 bridgehead atoms. The first-order valence-electron chi connectivity index (χ1n) is 5.61. The van der Waals surface area contributed by atoms with Crippen LogP contribution in [0.4, 0.5) is 8.78 Å². The zero-order valence-corrected chi connectivity index (χ0v) is 10.1. The van der Waals surface area contributed by atoms with Crippen LogP contribution >= 0.6 is 0 Å². The Bertz CT molecular complexity index is 338. The molecule has 0 saturated carbocycles. The van der Waals surface area contributed by atoms with E-state index in [2.05, 4.69) is 5.32 Å². The van der Waals surface area contributed by atoms with Crippen molar-refractivity contribution in [3.05, 3.63) is 35.4 Å². The average molecular weight is 227 g/mol. The van der Waals surface area contributed by atoms with Crippen LogP contribution in [0.25, 0.3) is 0 Å². The molecule has 0 amide bonds. The van der Waals surface area contributed by atoms with Gasteiger partial charge in [-0.1, -0.05) is 31.2 Å². The van der Waals surface area contributed by atoms with Crippen molar-refractivity contribution < 1.29 is 8.78 Å². The first-order valence-corrected chi connectivity index (χ1v) is 5.61. The van der Waals surface area contributed by atoms with Crippen LogP contribution in [-0.2, 0) is 5.54 Å². The minimum absolute atomic E-state index is 0.592. The van der Waals surface area contributed by atoms with E-state index < -0.39 is 12.0 Å². The number of halogens is 2. The summed E-state index contributed by atoms with van der Waals surface area (Å²) < 4.78 is 26.4. The molecule has 0 aliphatic carbocycles. The average Bonchev–Trinajstić information content (AvgIpc) is 2.26. The number of hydrogen-bond acceptors (Lipinski definition) is 1. The van der Waals surface area contributed by atoms with Crippen molar-refractivity contribution in [3.8, 4) is 0 Å². The van der Waals surface area contributed by atoms with Gasteiger partial charge in [-0.25, -0.2) is 8.78 Å². The number of rotatable bonds is 5. The number of hydrogen-bond donors (Lipinski definition) is 1. The van der Waals surface area contributed by atoms with Gasteiger partial charge in [0.1, 0.15) is 5.54 Å². The van der Waals surface area contributed by atoms with Gasteiger partial charge in [-0.15, -0.1) is 0 Å². The predicted molar refractivity (Wildman–Crippen MR) is 62.8 cm³/mol. The summed E-state index contributed by atoms with van der Waals surface area (Å²) >= 11 is 0. The van der Waals surface area contributed by atoms with Crippen LogP contribution in [0.1, 0.15) is 31.4 Å². The fourth-order valence-corrected chi connectivity index (χ4v) is 1.83. The molecule has 0 saturated heterocycles. The van der Waals surface area contributed by atoms with Gasteiger partial charge >= 0.3 is 0 Å². The molecular formula is C13H19F2N. The first-order chi connectivity index (χ1) is 7.52. The van der Waals surface area contributed by atoms with E-state index in [1.807, 2.05) is 26.0 Å². The molecule has 0 heterocycles. The zero-order valence-electron chi connectivity index (χ0n) is 10.1. The Labute approximate surface area is 95.9 Å². The summed E-state index contributed by atoms with van der Waals surface area (Å²) in [5.74, 6) is 0. The second kappa shape index (κ2) is 5.39. The van der Waals surface area contributed by atoms with Gasteiger partial charge in [0.2, 0.25) is 0 Å². The van der Waals surface area contributed by atoms with Gasteiger partial charge in [-0.2, -0.15) is 0 Å². The number of aryl methyl sites for hydroxylation is 1. The van der Waals surface area contributed by atoms with Crippen molar-refractivity contribution in [2.75, 3.05) is 6.54 Å². The topological polar surface area (TPSA) is 12.0 Å². The van der Waals surface area contributed by atoms with E-state index in [0.717, 1.165) is 12.0 Å². The van der Waals surface area contributed by atoms with E-state index >= 15 is 0 Å². The van der Waals surface area contributed by atoms with E-state index in [1.165, 1.54) is 0 Å². The van der Waals surface area contributed by atoms with Gasteiger partial charge in [0.15, 0.2) is 0 Å². The maximum Gasteiger partial charge on any atom is 0.260 e. The van der Waals surface area contributed by atoms with Crippen LogP contribution in [0.15, 0.2) is 24.3 Å². The van der Waals surface area contributed by atoms with Crippen molar-refractivity contribution in [2.24, 2.45) is 0 Å². The normalized spacial score (nSPS) is 15.1. The molecule has 0 aliphatic rings. The van der Waals surface area contributed by atoms with Gasteiger partial charge in [0.25, 0.3) is 6.43 Å². The summed E-state index contributed by atoms with van der Waals surface area (Å²) in [5, 5.41) is 2.95. The molecule has 0 aliphatic heterocycles. The van der Waals surface area contributed by atoms with E-state index in [4.69, 9.17) is 0 Å². The lowest BCUT2D eigenvalue weighted by atomic mass is 9.89. The molecule has 1 aromatic rings. The maximum absolute atomic E-state index is 13.2. The Hall–Kier alpha value is -0.960. The molecular weight excluding hydrogens is 208 g/mol. The molecule has 3 heteroatoms.